The number of halogens is 1. The SMILES string of the molecule is Cc1cc(Oc2ncnc(N)c2N)ccc1Cl. The maximum atomic E-state index is 5.91. The minimum Gasteiger partial charge on any atom is -0.437 e. The van der Waals surface area contributed by atoms with Gasteiger partial charge in [0.05, 0.1) is 0 Å². The van der Waals surface area contributed by atoms with Crippen LogP contribution < -0.4 is 16.2 Å². The molecule has 0 aliphatic rings. The van der Waals surface area contributed by atoms with Crippen molar-refractivity contribution in [2.24, 2.45) is 0 Å². The van der Waals surface area contributed by atoms with E-state index in [2.05, 4.69) is 9.97 Å². The van der Waals surface area contributed by atoms with Crippen molar-refractivity contribution in [2.45, 2.75) is 6.92 Å². The van der Waals surface area contributed by atoms with Crippen molar-refractivity contribution in [1.29, 1.82) is 0 Å². The number of benzene rings is 1. The third-order valence-corrected chi connectivity index (χ3v) is 2.65. The van der Waals surface area contributed by atoms with E-state index in [9.17, 15) is 0 Å². The maximum absolute atomic E-state index is 5.91. The molecule has 0 bridgehead atoms. The minimum atomic E-state index is 0.195. The Hall–Kier alpha value is -2.01. The fraction of sp³-hybridized carbons (Fsp3) is 0.0909. The minimum absolute atomic E-state index is 0.195. The van der Waals surface area contributed by atoms with Gasteiger partial charge >= 0.3 is 0 Å². The second-order valence-electron chi connectivity index (χ2n) is 3.49. The number of nitrogen functional groups attached to an aromatic ring is 2. The maximum Gasteiger partial charge on any atom is 0.248 e. The molecule has 0 radical (unpaired) electrons. The fourth-order valence-electron chi connectivity index (χ4n) is 1.27. The Bertz CT molecular complexity index is 559. The highest BCUT2D eigenvalue weighted by Crippen LogP contribution is 2.29. The van der Waals surface area contributed by atoms with Crippen LogP contribution in [0, 0.1) is 6.92 Å². The van der Waals surface area contributed by atoms with E-state index in [1.165, 1.54) is 6.33 Å². The fourth-order valence-corrected chi connectivity index (χ4v) is 1.38. The predicted octanol–water partition coefficient (Wildman–Crippen LogP) is 2.40. The van der Waals surface area contributed by atoms with Gasteiger partial charge in [0.2, 0.25) is 5.88 Å². The van der Waals surface area contributed by atoms with Crippen molar-refractivity contribution in [3.63, 3.8) is 0 Å². The van der Waals surface area contributed by atoms with Crippen molar-refractivity contribution >= 4 is 23.1 Å². The van der Waals surface area contributed by atoms with Crippen LogP contribution in [0.25, 0.3) is 0 Å². The Morgan fingerprint density at radius 3 is 2.71 bits per heavy atom. The van der Waals surface area contributed by atoms with Crippen molar-refractivity contribution in [3.8, 4) is 11.6 Å². The van der Waals surface area contributed by atoms with Gasteiger partial charge in [0.25, 0.3) is 0 Å². The zero-order valence-electron chi connectivity index (χ0n) is 9.14. The molecular weight excluding hydrogens is 240 g/mol. The highest BCUT2D eigenvalue weighted by molar-refractivity contribution is 6.31. The van der Waals surface area contributed by atoms with Gasteiger partial charge in [0.15, 0.2) is 5.82 Å². The van der Waals surface area contributed by atoms with E-state index >= 15 is 0 Å². The Kier molecular flexibility index (Phi) is 3.01. The highest BCUT2D eigenvalue weighted by Gasteiger charge is 2.08. The lowest BCUT2D eigenvalue weighted by Gasteiger charge is -2.08. The molecule has 0 saturated carbocycles. The second-order valence-corrected chi connectivity index (χ2v) is 3.90. The summed E-state index contributed by atoms with van der Waals surface area (Å²) >= 11 is 5.91. The van der Waals surface area contributed by atoms with Crippen LogP contribution in [0.2, 0.25) is 5.02 Å². The molecule has 0 aliphatic heterocycles. The Balaban J connectivity index is 2.31. The molecule has 0 fully saturated rings. The molecule has 6 heteroatoms. The summed E-state index contributed by atoms with van der Waals surface area (Å²) in [6.07, 6.45) is 1.30. The van der Waals surface area contributed by atoms with Crippen LogP contribution in [0.3, 0.4) is 0 Å². The zero-order valence-corrected chi connectivity index (χ0v) is 9.90. The molecule has 88 valence electrons. The third-order valence-electron chi connectivity index (χ3n) is 2.22. The lowest BCUT2D eigenvalue weighted by Crippen LogP contribution is -2.02. The van der Waals surface area contributed by atoms with Crippen molar-refractivity contribution < 1.29 is 4.74 Å². The summed E-state index contributed by atoms with van der Waals surface area (Å²) in [6, 6.07) is 5.26. The van der Waals surface area contributed by atoms with Crippen LogP contribution >= 0.6 is 11.6 Å². The van der Waals surface area contributed by atoms with Gasteiger partial charge in [0.1, 0.15) is 17.8 Å². The van der Waals surface area contributed by atoms with Crippen molar-refractivity contribution in [3.05, 3.63) is 35.1 Å². The predicted molar refractivity (Wildman–Crippen MR) is 67.1 cm³/mol. The standard InChI is InChI=1S/C11H11ClN4O/c1-6-4-7(2-3-8(6)12)17-11-9(13)10(14)15-5-16-11/h2-5H,13H2,1H3,(H2,14,15,16). The topological polar surface area (TPSA) is 87.0 Å². The lowest BCUT2D eigenvalue weighted by molar-refractivity contribution is 0.464. The summed E-state index contributed by atoms with van der Waals surface area (Å²) < 4.78 is 5.51. The van der Waals surface area contributed by atoms with Crippen molar-refractivity contribution in [1.82, 2.24) is 9.97 Å². The first-order chi connectivity index (χ1) is 8.08. The number of nitrogens with zero attached hydrogens (tertiary/aromatic N) is 2. The molecule has 0 saturated heterocycles. The summed E-state index contributed by atoms with van der Waals surface area (Å²) in [4.78, 5) is 7.67. The molecule has 1 aromatic heterocycles. The first kappa shape index (κ1) is 11.5. The molecule has 2 aromatic rings. The Labute approximate surface area is 103 Å². The number of nitrogens with two attached hydrogens (primary N) is 2. The number of hydrogen-bond acceptors (Lipinski definition) is 5. The van der Waals surface area contributed by atoms with Gasteiger partial charge in [-0.1, -0.05) is 11.6 Å². The quantitative estimate of drug-likeness (QED) is 0.855. The van der Waals surface area contributed by atoms with Gasteiger partial charge in [0, 0.05) is 5.02 Å². The van der Waals surface area contributed by atoms with Crippen LogP contribution in [0.15, 0.2) is 24.5 Å². The lowest BCUT2D eigenvalue weighted by atomic mass is 10.2. The van der Waals surface area contributed by atoms with E-state index in [1.807, 2.05) is 6.92 Å². The largest absolute Gasteiger partial charge is 0.437 e. The molecule has 0 amide bonds. The average molecular weight is 251 g/mol. The first-order valence-corrected chi connectivity index (χ1v) is 5.25. The summed E-state index contributed by atoms with van der Waals surface area (Å²) in [5.41, 5.74) is 12.4. The highest BCUT2D eigenvalue weighted by atomic mass is 35.5. The summed E-state index contributed by atoms with van der Waals surface area (Å²) in [5, 5.41) is 0.674. The normalized spacial score (nSPS) is 10.2. The van der Waals surface area contributed by atoms with Gasteiger partial charge < -0.3 is 16.2 Å². The molecule has 2 rings (SSSR count). The van der Waals surface area contributed by atoms with Gasteiger partial charge in [-0.3, -0.25) is 0 Å². The summed E-state index contributed by atoms with van der Waals surface area (Å²) in [6.45, 7) is 1.88. The molecular formula is C11H11ClN4O. The van der Waals surface area contributed by atoms with Crippen LogP contribution in [-0.4, -0.2) is 9.97 Å². The van der Waals surface area contributed by atoms with E-state index in [1.54, 1.807) is 18.2 Å². The van der Waals surface area contributed by atoms with Crippen LogP contribution in [-0.2, 0) is 0 Å². The number of ether oxygens (including phenoxy) is 1. The molecule has 0 unspecified atom stereocenters. The molecule has 4 N–H and O–H groups in total. The van der Waals surface area contributed by atoms with E-state index in [0.29, 0.717) is 10.8 Å². The van der Waals surface area contributed by atoms with E-state index in [4.69, 9.17) is 27.8 Å². The number of aryl methyl sites for hydroxylation is 1. The summed E-state index contributed by atoms with van der Waals surface area (Å²) in [5.74, 6) is 1.02. The first-order valence-electron chi connectivity index (χ1n) is 4.88. The van der Waals surface area contributed by atoms with Crippen LogP contribution in [0.1, 0.15) is 5.56 Å². The third kappa shape index (κ3) is 2.39. The van der Waals surface area contributed by atoms with Crippen molar-refractivity contribution in [2.75, 3.05) is 11.5 Å². The van der Waals surface area contributed by atoms with Gasteiger partial charge in [-0.25, -0.2) is 4.98 Å². The Morgan fingerprint density at radius 1 is 1.24 bits per heavy atom. The van der Waals surface area contributed by atoms with E-state index in [0.717, 1.165) is 5.56 Å². The molecule has 1 aromatic carbocycles. The van der Waals surface area contributed by atoms with Gasteiger partial charge in [-0.15, -0.1) is 0 Å². The number of anilines is 2. The number of aromatic nitrogens is 2. The van der Waals surface area contributed by atoms with Crippen LogP contribution in [0.4, 0.5) is 11.5 Å². The number of rotatable bonds is 2. The van der Waals surface area contributed by atoms with Crippen LogP contribution in [0.5, 0.6) is 11.6 Å². The number of hydrogen-bond donors (Lipinski definition) is 2. The van der Waals surface area contributed by atoms with E-state index in [-0.39, 0.29) is 17.4 Å². The van der Waals surface area contributed by atoms with Gasteiger partial charge in [-0.2, -0.15) is 4.98 Å². The average Bonchev–Trinajstić information content (AvgIpc) is 2.30. The molecule has 0 aliphatic carbocycles. The second kappa shape index (κ2) is 4.47. The van der Waals surface area contributed by atoms with E-state index < -0.39 is 0 Å². The smallest absolute Gasteiger partial charge is 0.248 e. The summed E-state index contributed by atoms with van der Waals surface area (Å²) in [7, 11) is 0. The monoisotopic (exact) mass is 250 g/mol. The Morgan fingerprint density at radius 2 is 2.00 bits per heavy atom. The molecule has 0 atom stereocenters. The molecule has 17 heavy (non-hydrogen) atoms. The molecule has 1 heterocycles. The molecule has 0 spiro atoms. The molecule has 5 nitrogen and oxygen atoms in total. The zero-order chi connectivity index (χ0) is 12.4. The van der Waals surface area contributed by atoms with Gasteiger partial charge in [-0.05, 0) is 30.7 Å².